The van der Waals surface area contributed by atoms with Crippen LogP contribution in [-0.4, -0.2) is 43.7 Å². The van der Waals surface area contributed by atoms with Crippen LogP contribution in [0.25, 0.3) is 0 Å². The monoisotopic (exact) mass is 249 g/mol. The van der Waals surface area contributed by atoms with Gasteiger partial charge in [0.25, 0.3) is 0 Å². The van der Waals surface area contributed by atoms with E-state index in [2.05, 4.69) is 21.9 Å². The van der Waals surface area contributed by atoms with Gasteiger partial charge in [0.2, 0.25) is 5.95 Å². The van der Waals surface area contributed by atoms with E-state index in [1.54, 1.807) is 0 Å². The van der Waals surface area contributed by atoms with Gasteiger partial charge in [0, 0.05) is 33.4 Å². The molecule has 0 amide bonds. The van der Waals surface area contributed by atoms with Crippen LogP contribution in [0.5, 0.6) is 0 Å². The van der Waals surface area contributed by atoms with Crippen LogP contribution in [0.15, 0.2) is 12.3 Å². The highest BCUT2D eigenvalue weighted by Crippen LogP contribution is 2.30. The van der Waals surface area contributed by atoms with E-state index in [-0.39, 0.29) is 0 Å². The van der Waals surface area contributed by atoms with Gasteiger partial charge in [-0.1, -0.05) is 6.42 Å². The van der Waals surface area contributed by atoms with Gasteiger partial charge in [-0.05, 0) is 31.4 Å². The van der Waals surface area contributed by atoms with Crippen LogP contribution in [-0.2, 0) is 0 Å². The third kappa shape index (κ3) is 2.56. The van der Waals surface area contributed by atoms with Gasteiger partial charge in [-0.2, -0.15) is 4.98 Å². The zero-order chi connectivity index (χ0) is 13.1. The van der Waals surface area contributed by atoms with Gasteiger partial charge in [0.05, 0.1) is 0 Å². The van der Waals surface area contributed by atoms with Crippen LogP contribution < -0.4 is 15.5 Å². The van der Waals surface area contributed by atoms with E-state index in [1.807, 2.05) is 31.3 Å². The van der Waals surface area contributed by atoms with Gasteiger partial charge in [-0.3, -0.25) is 0 Å². The third-order valence-corrected chi connectivity index (χ3v) is 3.81. The number of hydrogen-bond donors (Lipinski definition) is 1. The first kappa shape index (κ1) is 13.1. The topological polar surface area (TPSA) is 58.3 Å². The fourth-order valence-electron chi connectivity index (χ4n) is 2.72. The summed E-state index contributed by atoms with van der Waals surface area (Å²) in [5.41, 5.74) is 5.85. The lowest BCUT2D eigenvalue weighted by Crippen LogP contribution is -2.38. The Labute approximate surface area is 109 Å². The first-order chi connectivity index (χ1) is 8.63. The third-order valence-electron chi connectivity index (χ3n) is 3.81. The predicted molar refractivity (Wildman–Crippen MR) is 74.9 cm³/mol. The Morgan fingerprint density at radius 3 is 2.78 bits per heavy atom. The molecular formula is C13H23N5. The molecule has 0 bridgehead atoms. The Balaban J connectivity index is 2.17. The lowest BCUT2D eigenvalue weighted by molar-refractivity contribution is 0.472. The Hall–Kier alpha value is -1.36. The largest absolute Gasteiger partial charge is 0.356 e. The first-order valence-electron chi connectivity index (χ1n) is 6.56. The lowest BCUT2D eigenvalue weighted by Gasteiger charge is -2.30. The van der Waals surface area contributed by atoms with E-state index in [0.717, 1.165) is 18.3 Å². The Morgan fingerprint density at radius 1 is 1.33 bits per heavy atom. The molecule has 1 fully saturated rings. The van der Waals surface area contributed by atoms with Crippen molar-refractivity contribution < 1.29 is 0 Å². The van der Waals surface area contributed by atoms with Crippen molar-refractivity contribution in [2.45, 2.75) is 25.3 Å². The van der Waals surface area contributed by atoms with Gasteiger partial charge in [-0.25, -0.2) is 4.98 Å². The summed E-state index contributed by atoms with van der Waals surface area (Å²) in [5.74, 6) is 2.33. The normalized spacial score (nSPS) is 23.1. The summed E-state index contributed by atoms with van der Waals surface area (Å²) < 4.78 is 0. The molecule has 100 valence electrons. The number of aromatic nitrogens is 2. The Kier molecular flexibility index (Phi) is 4.01. The summed E-state index contributed by atoms with van der Waals surface area (Å²) in [6.45, 7) is 0.765. The van der Waals surface area contributed by atoms with E-state index in [9.17, 15) is 0 Å². The van der Waals surface area contributed by atoms with Gasteiger partial charge in [-0.15, -0.1) is 0 Å². The van der Waals surface area contributed by atoms with E-state index >= 15 is 0 Å². The van der Waals surface area contributed by atoms with Crippen molar-refractivity contribution in [1.82, 2.24) is 9.97 Å². The van der Waals surface area contributed by atoms with Gasteiger partial charge in [0.1, 0.15) is 5.82 Å². The Morgan fingerprint density at radius 2 is 2.11 bits per heavy atom. The molecule has 1 aromatic rings. The van der Waals surface area contributed by atoms with Crippen molar-refractivity contribution in [3.8, 4) is 0 Å². The predicted octanol–water partition coefficient (Wildman–Crippen LogP) is 1.11. The summed E-state index contributed by atoms with van der Waals surface area (Å²) in [5, 5.41) is 0. The van der Waals surface area contributed by atoms with E-state index in [4.69, 9.17) is 5.73 Å². The summed E-state index contributed by atoms with van der Waals surface area (Å²) in [6.07, 6.45) is 5.53. The number of rotatable bonds is 4. The summed E-state index contributed by atoms with van der Waals surface area (Å²) in [6, 6.07) is 2.48. The van der Waals surface area contributed by atoms with Gasteiger partial charge < -0.3 is 15.5 Å². The van der Waals surface area contributed by atoms with Crippen molar-refractivity contribution in [1.29, 1.82) is 0 Å². The van der Waals surface area contributed by atoms with Crippen molar-refractivity contribution in [3.63, 3.8) is 0 Å². The standard InChI is InChI=1S/C13H23N5/c1-17(2)13-15-8-7-12(16-13)18(3)11-6-4-5-10(11)9-14/h7-8,10-11H,4-6,9,14H2,1-3H3. The fraction of sp³-hybridized carbons (Fsp3) is 0.692. The number of anilines is 2. The molecule has 0 aliphatic heterocycles. The molecule has 18 heavy (non-hydrogen) atoms. The average Bonchev–Trinajstić information content (AvgIpc) is 2.86. The van der Waals surface area contributed by atoms with E-state index in [0.29, 0.717) is 12.0 Å². The lowest BCUT2D eigenvalue weighted by atomic mass is 10.0. The highest BCUT2D eigenvalue weighted by Gasteiger charge is 2.30. The molecule has 5 nitrogen and oxygen atoms in total. The molecule has 1 aliphatic carbocycles. The minimum absolute atomic E-state index is 0.514. The van der Waals surface area contributed by atoms with Gasteiger partial charge >= 0.3 is 0 Å². The minimum Gasteiger partial charge on any atom is -0.356 e. The smallest absolute Gasteiger partial charge is 0.226 e. The van der Waals surface area contributed by atoms with E-state index in [1.165, 1.54) is 19.3 Å². The SMILES string of the molecule is CN(C)c1nccc(N(C)C2CCCC2CN)n1. The second-order valence-corrected chi connectivity index (χ2v) is 5.21. The van der Waals surface area contributed by atoms with Crippen LogP contribution in [0.3, 0.4) is 0 Å². The Bertz CT molecular complexity index is 393. The maximum absolute atomic E-state index is 5.85. The second-order valence-electron chi connectivity index (χ2n) is 5.21. The molecule has 1 heterocycles. The van der Waals surface area contributed by atoms with Crippen molar-refractivity contribution in [3.05, 3.63) is 12.3 Å². The molecule has 0 aromatic carbocycles. The number of nitrogens with two attached hydrogens (primary N) is 1. The number of nitrogens with zero attached hydrogens (tertiary/aromatic N) is 4. The highest BCUT2D eigenvalue weighted by atomic mass is 15.3. The molecule has 0 radical (unpaired) electrons. The molecular weight excluding hydrogens is 226 g/mol. The first-order valence-corrected chi connectivity index (χ1v) is 6.56. The van der Waals surface area contributed by atoms with E-state index < -0.39 is 0 Å². The zero-order valence-corrected chi connectivity index (χ0v) is 11.5. The molecule has 0 saturated heterocycles. The molecule has 2 N–H and O–H groups in total. The molecule has 2 atom stereocenters. The van der Waals surface area contributed by atoms with Crippen LogP contribution in [0.2, 0.25) is 0 Å². The van der Waals surface area contributed by atoms with Crippen LogP contribution in [0.4, 0.5) is 11.8 Å². The molecule has 2 rings (SSSR count). The maximum Gasteiger partial charge on any atom is 0.226 e. The quantitative estimate of drug-likeness (QED) is 0.866. The van der Waals surface area contributed by atoms with Crippen molar-refractivity contribution in [2.24, 2.45) is 11.7 Å². The summed E-state index contributed by atoms with van der Waals surface area (Å²) >= 11 is 0. The second kappa shape index (κ2) is 5.52. The average molecular weight is 249 g/mol. The molecule has 1 aliphatic rings. The van der Waals surface area contributed by atoms with Crippen molar-refractivity contribution >= 4 is 11.8 Å². The molecule has 1 aromatic heterocycles. The maximum atomic E-state index is 5.85. The number of hydrogen-bond acceptors (Lipinski definition) is 5. The zero-order valence-electron chi connectivity index (χ0n) is 11.5. The minimum atomic E-state index is 0.514. The van der Waals surface area contributed by atoms with Crippen LogP contribution in [0, 0.1) is 5.92 Å². The van der Waals surface area contributed by atoms with Gasteiger partial charge in [0.15, 0.2) is 0 Å². The fourth-order valence-corrected chi connectivity index (χ4v) is 2.72. The molecule has 2 unspecified atom stereocenters. The van der Waals surface area contributed by atoms with Crippen LogP contribution >= 0.6 is 0 Å². The molecule has 1 saturated carbocycles. The van der Waals surface area contributed by atoms with Crippen molar-refractivity contribution in [2.75, 3.05) is 37.5 Å². The molecule has 0 spiro atoms. The summed E-state index contributed by atoms with van der Waals surface area (Å²) in [4.78, 5) is 13.0. The molecule has 5 heteroatoms. The summed E-state index contributed by atoms with van der Waals surface area (Å²) in [7, 11) is 6.02. The van der Waals surface area contributed by atoms with Crippen LogP contribution in [0.1, 0.15) is 19.3 Å². The highest BCUT2D eigenvalue weighted by molar-refractivity contribution is 5.43.